The van der Waals surface area contributed by atoms with E-state index in [1.807, 2.05) is 41.0 Å². The second-order valence-electron chi connectivity index (χ2n) is 9.90. The molecule has 0 saturated carbocycles. The molecule has 4 aliphatic heterocycles. The molecule has 0 radical (unpaired) electrons. The van der Waals surface area contributed by atoms with Crippen LogP contribution in [0.4, 0.5) is 10.5 Å². The molecule has 4 amide bonds. The van der Waals surface area contributed by atoms with Crippen LogP contribution in [0.1, 0.15) is 49.7 Å². The lowest BCUT2D eigenvalue weighted by molar-refractivity contribution is -0.127. The fourth-order valence-corrected chi connectivity index (χ4v) is 5.79. The van der Waals surface area contributed by atoms with E-state index in [0.717, 1.165) is 67.4 Å². The lowest BCUT2D eigenvalue weighted by Crippen LogP contribution is -2.64. The van der Waals surface area contributed by atoms with E-state index in [1.54, 1.807) is 4.90 Å². The molecule has 188 valence electrons. The number of hydrogen-bond donors (Lipinski definition) is 1. The lowest BCUT2D eigenvalue weighted by atomic mass is 10.1. The number of aliphatic imine (C=N–C) groups is 1. The number of aromatic nitrogens is 2. The molecule has 1 aromatic heterocycles. The number of nitrogens with zero attached hydrogens (tertiary/aromatic N) is 6. The molecule has 2 saturated heterocycles. The maximum absolute atomic E-state index is 13.0. The van der Waals surface area contributed by atoms with Gasteiger partial charge in [-0.3, -0.25) is 19.8 Å². The molecular formula is C26H31N7O3. The first-order chi connectivity index (χ1) is 17.5. The van der Waals surface area contributed by atoms with Gasteiger partial charge in [0.2, 0.25) is 5.91 Å². The van der Waals surface area contributed by atoms with Gasteiger partial charge in [-0.2, -0.15) is 0 Å². The summed E-state index contributed by atoms with van der Waals surface area (Å²) in [4.78, 5) is 52.9. The van der Waals surface area contributed by atoms with Crippen molar-refractivity contribution in [3.63, 3.8) is 0 Å². The highest BCUT2D eigenvalue weighted by molar-refractivity contribution is 6.04. The molecule has 1 N–H and O–H groups in total. The average molecular weight is 490 g/mol. The Balaban J connectivity index is 1.29. The number of hydrogen-bond acceptors (Lipinski definition) is 6. The molecule has 2 aromatic rings. The second-order valence-corrected chi connectivity index (χ2v) is 9.90. The van der Waals surface area contributed by atoms with E-state index < -0.39 is 18.2 Å². The number of likely N-dealkylation sites (N-methyl/N-ethyl adjacent to an activating group) is 1. The SMILES string of the molecule is CCN1C(=O)NC(=O)C2C1N=C(Cc1cn3c(n1)CCCC3)N2Cc1ccc(N2CCCC2=O)cc1. The van der Waals surface area contributed by atoms with Crippen molar-refractivity contribution in [2.45, 2.75) is 70.7 Å². The molecule has 5 heterocycles. The van der Waals surface area contributed by atoms with Crippen molar-refractivity contribution in [1.29, 1.82) is 0 Å². The van der Waals surface area contributed by atoms with Gasteiger partial charge in [0, 0.05) is 57.3 Å². The van der Waals surface area contributed by atoms with Crippen LogP contribution in [0.3, 0.4) is 0 Å². The molecular weight excluding hydrogens is 458 g/mol. The number of aryl methyl sites for hydroxylation is 2. The topological polar surface area (TPSA) is 103 Å². The van der Waals surface area contributed by atoms with Crippen LogP contribution in [0.2, 0.25) is 0 Å². The van der Waals surface area contributed by atoms with Crippen LogP contribution in [0.15, 0.2) is 35.5 Å². The van der Waals surface area contributed by atoms with Gasteiger partial charge in [-0.25, -0.2) is 14.8 Å². The van der Waals surface area contributed by atoms with Crippen molar-refractivity contribution in [2.75, 3.05) is 18.0 Å². The van der Waals surface area contributed by atoms with Crippen molar-refractivity contribution in [2.24, 2.45) is 4.99 Å². The molecule has 2 unspecified atom stereocenters. The lowest BCUT2D eigenvalue weighted by Gasteiger charge is -2.37. The van der Waals surface area contributed by atoms with Crippen LogP contribution in [0.25, 0.3) is 0 Å². The summed E-state index contributed by atoms with van der Waals surface area (Å²) in [7, 11) is 0. The van der Waals surface area contributed by atoms with Crippen LogP contribution in [0.5, 0.6) is 0 Å². The standard InChI is InChI=1S/C26H31N7O3/c1-2-31-24-23(25(35)29-26(31)36)33(15-17-8-10-19(11-9-17)32-13-5-7-22(32)34)21(28-24)14-18-16-30-12-4-3-6-20(30)27-18/h8-11,16,23-24H,2-7,12-15H2,1H3,(H,29,35,36). The highest BCUT2D eigenvalue weighted by atomic mass is 16.2. The molecule has 0 aliphatic carbocycles. The normalized spacial score (nSPS) is 23.6. The number of carbonyl (C=O) groups excluding carboxylic acids is 3. The van der Waals surface area contributed by atoms with E-state index in [1.165, 1.54) is 0 Å². The largest absolute Gasteiger partial charge is 0.340 e. The van der Waals surface area contributed by atoms with Gasteiger partial charge in [-0.1, -0.05) is 12.1 Å². The van der Waals surface area contributed by atoms with Crippen LogP contribution in [-0.4, -0.2) is 68.3 Å². The smallest absolute Gasteiger partial charge is 0.325 e. The Morgan fingerprint density at radius 3 is 2.56 bits per heavy atom. The average Bonchev–Trinajstić information content (AvgIpc) is 3.57. The van der Waals surface area contributed by atoms with E-state index in [9.17, 15) is 14.4 Å². The molecule has 2 fully saturated rings. The Kier molecular flexibility index (Phi) is 5.73. The van der Waals surface area contributed by atoms with Crippen molar-refractivity contribution < 1.29 is 14.4 Å². The first-order valence-corrected chi connectivity index (χ1v) is 12.9. The number of fused-ring (bicyclic) bond motifs is 2. The van der Waals surface area contributed by atoms with Crippen molar-refractivity contribution in [1.82, 2.24) is 24.7 Å². The van der Waals surface area contributed by atoms with Crippen LogP contribution < -0.4 is 10.2 Å². The molecule has 10 heteroatoms. The van der Waals surface area contributed by atoms with Crippen LogP contribution >= 0.6 is 0 Å². The highest BCUT2D eigenvalue weighted by Crippen LogP contribution is 2.29. The summed E-state index contributed by atoms with van der Waals surface area (Å²) < 4.78 is 2.22. The number of nitrogens with one attached hydrogen (secondary N) is 1. The molecule has 2 atom stereocenters. The molecule has 4 aliphatic rings. The van der Waals surface area contributed by atoms with E-state index in [4.69, 9.17) is 9.98 Å². The number of carbonyl (C=O) groups is 3. The zero-order valence-electron chi connectivity index (χ0n) is 20.5. The van der Waals surface area contributed by atoms with Gasteiger partial charge in [0.05, 0.1) is 5.69 Å². The second kappa shape index (κ2) is 9.07. The third-order valence-electron chi connectivity index (χ3n) is 7.62. The molecule has 6 rings (SSSR count). The minimum Gasteiger partial charge on any atom is -0.340 e. The number of amidine groups is 1. The fraction of sp³-hybridized carbons (Fsp3) is 0.500. The van der Waals surface area contributed by atoms with Crippen LogP contribution in [0, 0.1) is 0 Å². The molecule has 1 aromatic carbocycles. The number of imidazole rings is 1. The zero-order valence-corrected chi connectivity index (χ0v) is 20.5. The number of imide groups is 1. The first-order valence-electron chi connectivity index (χ1n) is 12.9. The summed E-state index contributed by atoms with van der Waals surface area (Å²) in [6.07, 6.45) is 6.83. The Morgan fingerprint density at radius 2 is 1.83 bits per heavy atom. The van der Waals surface area contributed by atoms with Gasteiger partial charge in [0.15, 0.2) is 12.2 Å². The van der Waals surface area contributed by atoms with Crippen molar-refractivity contribution in [3.05, 3.63) is 47.5 Å². The molecule has 0 bridgehead atoms. The Morgan fingerprint density at radius 1 is 1.00 bits per heavy atom. The summed E-state index contributed by atoms with van der Waals surface area (Å²) in [5.41, 5.74) is 2.85. The van der Waals surface area contributed by atoms with E-state index >= 15 is 0 Å². The van der Waals surface area contributed by atoms with E-state index in [-0.39, 0.29) is 11.8 Å². The summed E-state index contributed by atoms with van der Waals surface area (Å²) in [5, 5.41) is 2.51. The summed E-state index contributed by atoms with van der Waals surface area (Å²) in [6, 6.07) is 6.96. The quantitative estimate of drug-likeness (QED) is 0.669. The van der Waals surface area contributed by atoms with Crippen molar-refractivity contribution in [3.8, 4) is 0 Å². The molecule has 10 nitrogen and oxygen atoms in total. The monoisotopic (exact) mass is 489 g/mol. The number of amides is 4. The third kappa shape index (κ3) is 3.94. The van der Waals surface area contributed by atoms with Crippen LogP contribution in [-0.2, 0) is 35.5 Å². The van der Waals surface area contributed by atoms with Crippen molar-refractivity contribution >= 4 is 29.4 Å². The number of anilines is 1. The predicted octanol–water partition coefficient (Wildman–Crippen LogP) is 2.07. The maximum atomic E-state index is 13.0. The van der Waals surface area contributed by atoms with Gasteiger partial charge in [-0.15, -0.1) is 0 Å². The predicted molar refractivity (Wildman–Crippen MR) is 133 cm³/mol. The van der Waals surface area contributed by atoms with Gasteiger partial charge in [0.25, 0.3) is 5.91 Å². The van der Waals surface area contributed by atoms with Gasteiger partial charge < -0.3 is 14.4 Å². The number of benzene rings is 1. The highest BCUT2D eigenvalue weighted by Gasteiger charge is 2.49. The summed E-state index contributed by atoms with van der Waals surface area (Å²) in [6.45, 7) is 4.56. The minimum atomic E-state index is -0.588. The van der Waals surface area contributed by atoms with Gasteiger partial charge in [-0.05, 0) is 43.9 Å². The Labute approximate surface area is 210 Å². The number of urea groups is 1. The third-order valence-corrected chi connectivity index (χ3v) is 7.62. The summed E-state index contributed by atoms with van der Waals surface area (Å²) >= 11 is 0. The zero-order chi connectivity index (χ0) is 24.8. The van der Waals surface area contributed by atoms with Gasteiger partial charge in [0.1, 0.15) is 11.7 Å². The maximum Gasteiger partial charge on any atom is 0.325 e. The Bertz CT molecular complexity index is 1210. The van der Waals surface area contributed by atoms with E-state index in [0.29, 0.717) is 25.9 Å². The summed E-state index contributed by atoms with van der Waals surface area (Å²) in [5.74, 6) is 1.71. The minimum absolute atomic E-state index is 0.158. The number of rotatable bonds is 6. The molecule has 36 heavy (non-hydrogen) atoms. The van der Waals surface area contributed by atoms with E-state index in [2.05, 4.69) is 16.1 Å². The fourth-order valence-electron chi connectivity index (χ4n) is 5.79. The Hall–Kier alpha value is -3.69. The van der Waals surface area contributed by atoms with Gasteiger partial charge >= 0.3 is 6.03 Å². The first kappa shape index (κ1) is 22.8. The molecule has 0 spiro atoms.